The second-order valence-electron chi connectivity index (χ2n) is 4.65. The molecule has 0 aromatic rings. The van der Waals surface area contributed by atoms with Crippen molar-refractivity contribution in [3.05, 3.63) is 0 Å². The molecule has 1 aliphatic heterocycles. The smallest absolute Gasteiger partial charge is 0.0564 e. The normalized spacial score (nSPS) is 30.0. The Morgan fingerprint density at radius 3 is 2.31 bits per heavy atom. The number of rotatable bonds is 2. The van der Waals surface area contributed by atoms with Crippen LogP contribution in [0.25, 0.3) is 0 Å². The summed E-state index contributed by atoms with van der Waals surface area (Å²) in [4.78, 5) is 2.63. The van der Waals surface area contributed by atoms with Crippen LogP contribution in [0.5, 0.6) is 0 Å². The minimum atomic E-state index is -0.0229. The quantitative estimate of drug-likeness (QED) is 0.705. The van der Waals surface area contributed by atoms with E-state index in [0.29, 0.717) is 5.54 Å². The number of nitrogens with zero attached hydrogens (tertiary/aromatic N) is 1. The fourth-order valence-electron chi connectivity index (χ4n) is 2.82. The Bertz CT molecular complexity index is 163. The van der Waals surface area contributed by atoms with Gasteiger partial charge in [0.2, 0.25) is 0 Å². The van der Waals surface area contributed by atoms with E-state index >= 15 is 0 Å². The minimum absolute atomic E-state index is 0.0229. The molecule has 0 atom stereocenters. The molecule has 0 aromatic heterocycles. The third-order valence-electron chi connectivity index (χ3n) is 4.08. The lowest BCUT2D eigenvalue weighted by Crippen LogP contribution is -2.56. The lowest BCUT2D eigenvalue weighted by atomic mass is 9.72. The Balaban J connectivity index is 1.92. The molecule has 0 unspecified atom stereocenters. The van der Waals surface area contributed by atoms with Crippen molar-refractivity contribution in [1.29, 1.82) is 0 Å². The summed E-state index contributed by atoms with van der Waals surface area (Å²) in [7, 11) is 0. The van der Waals surface area contributed by atoms with Gasteiger partial charge in [-0.3, -0.25) is 4.90 Å². The molecule has 0 bridgehead atoms. The highest BCUT2D eigenvalue weighted by Crippen LogP contribution is 2.41. The number of aliphatic hydroxyl groups excluding tert-OH is 1. The summed E-state index contributed by atoms with van der Waals surface area (Å²) in [5.41, 5.74) is 0.542. The molecule has 76 valence electrons. The van der Waals surface area contributed by atoms with E-state index in [4.69, 9.17) is 0 Å². The zero-order chi connectivity index (χ0) is 9.31. The van der Waals surface area contributed by atoms with E-state index in [0.717, 1.165) is 25.9 Å². The molecule has 0 spiro atoms. The van der Waals surface area contributed by atoms with Crippen molar-refractivity contribution in [3.63, 3.8) is 0 Å². The fourth-order valence-corrected chi connectivity index (χ4v) is 2.82. The summed E-state index contributed by atoms with van der Waals surface area (Å²) in [6.45, 7) is 4.55. The largest absolute Gasteiger partial charge is 0.393 e. The van der Waals surface area contributed by atoms with E-state index in [1.54, 1.807) is 0 Å². The van der Waals surface area contributed by atoms with Crippen LogP contribution in [0.1, 0.15) is 45.4 Å². The third kappa shape index (κ3) is 1.62. The Labute approximate surface area is 80.9 Å². The number of hydrogen-bond donors (Lipinski definition) is 1. The zero-order valence-electron chi connectivity index (χ0n) is 8.63. The van der Waals surface area contributed by atoms with Gasteiger partial charge in [0, 0.05) is 18.6 Å². The second-order valence-corrected chi connectivity index (χ2v) is 4.65. The van der Waals surface area contributed by atoms with E-state index in [-0.39, 0.29) is 6.10 Å². The van der Waals surface area contributed by atoms with Gasteiger partial charge in [0.05, 0.1) is 6.10 Å². The monoisotopic (exact) mass is 183 g/mol. The van der Waals surface area contributed by atoms with Gasteiger partial charge in [0.25, 0.3) is 0 Å². The van der Waals surface area contributed by atoms with Crippen molar-refractivity contribution in [1.82, 2.24) is 4.90 Å². The number of likely N-dealkylation sites (tertiary alicyclic amines) is 1. The number of piperidine rings is 1. The van der Waals surface area contributed by atoms with Crippen LogP contribution in [-0.4, -0.2) is 34.7 Å². The molecule has 1 N–H and O–H groups in total. The third-order valence-corrected chi connectivity index (χ3v) is 4.08. The van der Waals surface area contributed by atoms with Gasteiger partial charge >= 0.3 is 0 Å². The van der Waals surface area contributed by atoms with Gasteiger partial charge in [-0.2, -0.15) is 0 Å². The average Bonchev–Trinajstić information content (AvgIpc) is 2.07. The highest BCUT2D eigenvalue weighted by molar-refractivity contribution is 4.98. The molecule has 0 amide bonds. The molecule has 2 fully saturated rings. The van der Waals surface area contributed by atoms with Crippen molar-refractivity contribution in [3.8, 4) is 0 Å². The molecule has 0 aromatic carbocycles. The van der Waals surface area contributed by atoms with Gasteiger partial charge in [-0.1, -0.05) is 6.92 Å². The van der Waals surface area contributed by atoms with Crippen LogP contribution in [0.2, 0.25) is 0 Å². The molecule has 2 nitrogen and oxygen atoms in total. The van der Waals surface area contributed by atoms with E-state index in [2.05, 4.69) is 11.8 Å². The summed E-state index contributed by atoms with van der Waals surface area (Å²) in [5, 5.41) is 9.43. The first-order valence-electron chi connectivity index (χ1n) is 5.70. The van der Waals surface area contributed by atoms with Crippen molar-refractivity contribution in [2.45, 2.75) is 57.1 Å². The van der Waals surface area contributed by atoms with Crippen molar-refractivity contribution < 1.29 is 5.11 Å². The fraction of sp³-hybridized carbons (Fsp3) is 1.00. The molecule has 1 saturated carbocycles. The predicted octanol–water partition coefficient (Wildman–Crippen LogP) is 1.78. The van der Waals surface area contributed by atoms with E-state index in [9.17, 15) is 5.11 Å². The van der Waals surface area contributed by atoms with Gasteiger partial charge in [-0.05, 0) is 38.5 Å². The van der Waals surface area contributed by atoms with Gasteiger partial charge < -0.3 is 5.11 Å². The lowest BCUT2D eigenvalue weighted by Gasteiger charge is -2.52. The summed E-state index contributed by atoms with van der Waals surface area (Å²) in [5.74, 6) is 0. The van der Waals surface area contributed by atoms with E-state index in [1.807, 2.05) is 0 Å². The first-order chi connectivity index (χ1) is 6.27. The molecule has 1 saturated heterocycles. The molecular formula is C11H21NO. The first kappa shape index (κ1) is 9.47. The van der Waals surface area contributed by atoms with Gasteiger partial charge in [0.15, 0.2) is 0 Å². The first-order valence-corrected chi connectivity index (χ1v) is 5.70. The molecule has 1 heterocycles. The van der Waals surface area contributed by atoms with Crippen molar-refractivity contribution >= 4 is 0 Å². The minimum Gasteiger partial charge on any atom is -0.393 e. The molecule has 2 rings (SSSR count). The maximum Gasteiger partial charge on any atom is 0.0564 e. The van der Waals surface area contributed by atoms with E-state index < -0.39 is 0 Å². The zero-order valence-corrected chi connectivity index (χ0v) is 8.63. The molecule has 0 radical (unpaired) electrons. The second kappa shape index (κ2) is 3.58. The molecule has 1 aliphatic carbocycles. The molecule has 2 heteroatoms. The van der Waals surface area contributed by atoms with Crippen LogP contribution in [0.3, 0.4) is 0 Å². The van der Waals surface area contributed by atoms with Crippen LogP contribution >= 0.6 is 0 Å². The summed E-state index contributed by atoms with van der Waals surface area (Å²) in [6.07, 6.45) is 7.43. The van der Waals surface area contributed by atoms with E-state index in [1.165, 1.54) is 25.7 Å². The standard InChI is InChI=1S/C11H21NO/c1-2-11(6-3-7-11)12-8-4-10(13)5-9-12/h10,13H,2-9H2,1H3. The predicted molar refractivity (Wildman–Crippen MR) is 53.7 cm³/mol. The summed E-state index contributed by atoms with van der Waals surface area (Å²) < 4.78 is 0. The highest BCUT2D eigenvalue weighted by atomic mass is 16.3. The van der Waals surface area contributed by atoms with Crippen LogP contribution in [0, 0.1) is 0 Å². The van der Waals surface area contributed by atoms with Crippen LogP contribution in [-0.2, 0) is 0 Å². The van der Waals surface area contributed by atoms with Crippen LogP contribution in [0.4, 0.5) is 0 Å². The van der Waals surface area contributed by atoms with Gasteiger partial charge in [0.1, 0.15) is 0 Å². The Hall–Kier alpha value is -0.0800. The molecule has 13 heavy (non-hydrogen) atoms. The molecule has 2 aliphatic rings. The number of aliphatic hydroxyl groups is 1. The average molecular weight is 183 g/mol. The SMILES string of the molecule is CCC1(N2CCC(O)CC2)CCC1. The maximum atomic E-state index is 9.43. The van der Waals surface area contributed by atoms with Gasteiger partial charge in [-0.25, -0.2) is 0 Å². The van der Waals surface area contributed by atoms with Gasteiger partial charge in [-0.15, -0.1) is 0 Å². The Kier molecular flexibility index (Phi) is 2.61. The molecular weight excluding hydrogens is 162 g/mol. The van der Waals surface area contributed by atoms with Crippen molar-refractivity contribution in [2.75, 3.05) is 13.1 Å². The van der Waals surface area contributed by atoms with Crippen LogP contribution < -0.4 is 0 Å². The summed E-state index contributed by atoms with van der Waals surface area (Å²) >= 11 is 0. The Morgan fingerprint density at radius 1 is 1.31 bits per heavy atom. The highest BCUT2D eigenvalue weighted by Gasteiger charge is 2.41. The lowest BCUT2D eigenvalue weighted by molar-refractivity contribution is -0.0295. The van der Waals surface area contributed by atoms with Crippen molar-refractivity contribution in [2.24, 2.45) is 0 Å². The summed E-state index contributed by atoms with van der Waals surface area (Å²) in [6, 6.07) is 0. The number of hydrogen-bond acceptors (Lipinski definition) is 2. The maximum absolute atomic E-state index is 9.43. The topological polar surface area (TPSA) is 23.5 Å². The van der Waals surface area contributed by atoms with Crippen LogP contribution in [0.15, 0.2) is 0 Å². The Morgan fingerprint density at radius 2 is 1.92 bits per heavy atom.